The molecule has 0 saturated carbocycles. The van der Waals surface area contributed by atoms with Gasteiger partial charge in [-0.25, -0.2) is 4.98 Å². The molecule has 0 unspecified atom stereocenters. The molecule has 11 heavy (non-hydrogen) atoms. The van der Waals surface area contributed by atoms with Crippen LogP contribution in [0.2, 0.25) is 0 Å². The maximum absolute atomic E-state index is 5.39. The zero-order chi connectivity index (χ0) is 8.10. The Labute approximate surface area is 71.2 Å². The molecule has 0 fully saturated rings. The average Bonchev–Trinajstić information content (AvgIpc) is 2.39. The van der Waals surface area contributed by atoms with E-state index < -0.39 is 0 Å². The molecule has 0 aliphatic rings. The molecule has 0 aromatic carbocycles. The van der Waals surface area contributed by atoms with E-state index in [2.05, 4.69) is 18.8 Å². The second kappa shape index (κ2) is 4.46. The largest absolute Gasteiger partial charge is 0.374 e. The first-order valence-corrected chi connectivity index (χ1v) is 4.63. The SMILES string of the molecule is CC(C)COCc1nccs1. The van der Waals surface area contributed by atoms with E-state index in [0.717, 1.165) is 11.6 Å². The van der Waals surface area contributed by atoms with Crippen molar-refractivity contribution in [2.75, 3.05) is 6.61 Å². The summed E-state index contributed by atoms with van der Waals surface area (Å²) in [5.41, 5.74) is 0. The molecule has 0 N–H and O–H groups in total. The number of ether oxygens (including phenoxy) is 1. The Morgan fingerprint density at radius 3 is 3.00 bits per heavy atom. The molecule has 0 radical (unpaired) electrons. The van der Waals surface area contributed by atoms with E-state index in [1.807, 2.05) is 5.38 Å². The second-order valence-corrected chi connectivity index (χ2v) is 3.81. The number of thiazole rings is 1. The second-order valence-electron chi connectivity index (χ2n) is 2.83. The van der Waals surface area contributed by atoms with E-state index in [4.69, 9.17) is 4.74 Å². The fraction of sp³-hybridized carbons (Fsp3) is 0.625. The molecule has 0 atom stereocenters. The lowest BCUT2D eigenvalue weighted by Crippen LogP contribution is -2.01. The Balaban J connectivity index is 2.14. The quantitative estimate of drug-likeness (QED) is 0.693. The normalized spacial score (nSPS) is 10.8. The van der Waals surface area contributed by atoms with Gasteiger partial charge in [0.15, 0.2) is 0 Å². The van der Waals surface area contributed by atoms with Crippen molar-refractivity contribution in [2.45, 2.75) is 20.5 Å². The molecule has 62 valence electrons. The van der Waals surface area contributed by atoms with Gasteiger partial charge in [-0.05, 0) is 5.92 Å². The number of aromatic nitrogens is 1. The fourth-order valence-corrected chi connectivity index (χ4v) is 1.26. The predicted molar refractivity (Wildman–Crippen MR) is 46.6 cm³/mol. The maximum atomic E-state index is 5.39. The first-order chi connectivity index (χ1) is 5.29. The molecule has 1 aromatic rings. The van der Waals surface area contributed by atoms with E-state index >= 15 is 0 Å². The highest BCUT2D eigenvalue weighted by Crippen LogP contribution is 2.06. The molecule has 2 nitrogen and oxygen atoms in total. The maximum Gasteiger partial charge on any atom is 0.118 e. The molecule has 0 amide bonds. The third-order valence-electron chi connectivity index (χ3n) is 1.16. The summed E-state index contributed by atoms with van der Waals surface area (Å²) in [6.45, 7) is 5.76. The minimum atomic E-state index is 0.606. The van der Waals surface area contributed by atoms with Crippen LogP contribution in [0.1, 0.15) is 18.9 Å². The molecule has 1 heterocycles. The highest BCUT2D eigenvalue weighted by atomic mass is 32.1. The van der Waals surface area contributed by atoms with Crippen LogP contribution in [0.5, 0.6) is 0 Å². The minimum absolute atomic E-state index is 0.606. The Morgan fingerprint density at radius 2 is 2.45 bits per heavy atom. The highest BCUT2D eigenvalue weighted by Gasteiger charge is 1.96. The standard InChI is InChI=1S/C8H13NOS/c1-7(2)5-10-6-8-9-3-4-11-8/h3-4,7H,5-6H2,1-2H3. The number of nitrogens with zero attached hydrogens (tertiary/aromatic N) is 1. The molecule has 0 saturated heterocycles. The van der Waals surface area contributed by atoms with Crippen molar-refractivity contribution >= 4 is 11.3 Å². The molecule has 1 rings (SSSR count). The van der Waals surface area contributed by atoms with Crippen LogP contribution in [0.3, 0.4) is 0 Å². The molecular weight excluding hydrogens is 158 g/mol. The van der Waals surface area contributed by atoms with Gasteiger partial charge in [-0.15, -0.1) is 11.3 Å². The first-order valence-electron chi connectivity index (χ1n) is 3.75. The van der Waals surface area contributed by atoms with Gasteiger partial charge in [0, 0.05) is 18.2 Å². The smallest absolute Gasteiger partial charge is 0.118 e. The molecular formula is C8H13NOS. The van der Waals surface area contributed by atoms with Crippen molar-refractivity contribution in [3.63, 3.8) is 0 Å². The highest BCUT2D eigenvalue weighted by molar-refractivity contribution is 7.09. The van der Waals surface area contributed by atoms with E-state index in [-0.39, 0.29) is 0 Å². The zero-order valence-corrected chi connectivity index (χ0v) is 7.73. The van der Waals surface area contributed by atoms with E-state index in [1.54, 1.807) is 17.5 Å². The van der Waals surface area contributed by atoms with E-state index in [0.29, 0.717) is 12.5 Å². The molecule has 3 heteroatoms. The van der Waals surface area contributed by atoms with Crippen LogP contribution < -0.4 is 0 Å². The van der Waals surface area contributed by atoms with Crippen LogP contribution in [0.25, 0.3) is 0 Å². The molecule has 0 aliphatic heterocycles. The molecule has 0 bridgehead atoms. The lowest BCUT2D eigenvalue weighted by molar-refractivity contribution is 0.0969. The van der Waals surface area contributed by atoms with Gasteiger partial charge in [-0.2, -0.15) is 0 Å². The van der Waals surface area contributed by atoms with Crippen LogP contribution in [-0.2, 0) is 11.3 Å². The topological polar surface area (TPSA) is 22.1 Å². The third-order valence-corrected chi connectivity index (χ3v) is 1.91. The summed E-state index contributed by atoms with van der Waals surface area (Å²) in [7, 11) is 0. The van der Waals surface area contributed by atoms with Gasteiger partial charge in [0.25, 0.3) is 0 Å². The Morgan fingerprint density at radius 1 is 1.64 bits per heavy atom. The minimum Gasteiger partial charge on any atom is -0.374 e. The summed E-state index contributed by atoms with van der Waals surface area (Å²) in [6, 6.07) is 0. The Bertz CT molecular complexity index is 184. The van der Waals surface area contributed by atoms with Crippen molar-refractivity contribution in [3.8, 4) is 0 Å². The Hall–Kier alpha value is -0.410. The number of hydrogen-bond donors (Lipinski definition) is 0. The van der Waals surface area contributed by atoms with Gasteiger partial charge < -0.3 is 4.74 Å². The van der Waals surface area contributed by atoms with Crippen LogP contribution in [0.4, 0.5) is 0 Å². The predicted octanol–water partition coefficient (Wildman–Crippen LogP) is 2.32. The number of rotatable bonds is 4. The summed E-state index contributed by atoms with van der Waals surface area (Å²) in [5, 5.41) is 3.03. The van der Waals surface area contributed by atoms with E-state index in [9.17, 15) is 0 Å². The summed E-state index contributed by atoms with van der Waals surface area (Å²) >= 11 is 1.64. The average molecular weight is 171 g/mol. The third kappa shape index (κ3) is 3.49. The zero-order valence-electron chi connectivity index (χ0n) is 6.91. The summed E-state index contributed by atoms with van der Waals surface area (Å²) < 4.78 is 5.39. The van der Waals surface area contributed by atoms with Crippen molar-refractivity contribution < 1.29 is 4.74 Å². The lowest BCUT2D eigenvalue weighted by atomic mass is 10.2. The molecule has 0 aliphatic carbocycles. The van der Waals surface area contributed by atoms with Crippen LogP contribution in [-0.4, -0.2) is 11.6 Å². The summed E-state index contributed by atoms with van der Waals surface area (Å²) in [5.74, 6) is 0.606. The van der Waals surface area contributed by atoms with Crippen molar-refractivity contribution in [2.24, 2.45) is 5.92 Å². The summed E-state index contributed by atoms with van der Waals surface area (Å²) in [4.78, 5) is 4.11. The fourth-order valence-electron chi connectivity index (χ4n) is 0.706. The van der Waals surface area contributed by atoms with Gasteiger partial charge in [-0.1, -0.05) is 13.8 Å². The van der Waals surface area contributed by atoms with Gasteiger partial charge in [0.1, 0.15) is 5.01 Å². The van der Waals surface area contributed by atoms with Crippen molar-refractivity contribution in [3.05, 3.63) is 16.6 Å². The first kappa shape index (κ1) is 8.68. The monoisotopic (exact) mass is 171 g/mol. The van der Waals surface area contributed by atoms with Gasteiger partial charge >= 0.3 is 0 Å². The van der Waals surface area contributed by atoms with Crippen LogP contribution in [0, 0.1) is 5.92 Å². The lowest BCUT2D eigenvalue weighted by Gasteiger charge is -2.03. The van der Waals surface area contributed by atoms with Crippen LogP contribution >= 0.6 is 11.3 Å². The molecule has 1 aromatic heterocycles. The van der Waals surface area contributed by atoms with Gasteiger partial charge in [0.05, 0.1) is 6.61 Å². The van der Waals surface area contributed by atoms with Crippen LogP contribution in [0.15, 0.2) is 11.6 Å². The molecule has 0 spiro atoms. The van der Waals surface area contributed by atoms with Gasteiger partial charge in [0.2, 0.25) is 0 Å². The number of hydrogen-bond acceptors (Lipinski definition) is 3. The van der Waals surface area contributed by atoms with Crippen molar-refractivity contribution in [1.82, 2.24) is 4.98 Å². The van der Waals surface area contributed by atoms with E-state index in [1.165, 1.54) is 0 Å². The van der Waals surface area contributed by atoms with Crippen molar-refractivity contribution in [1.29, 1.82) is 0 Å². The summed E-state index contributed by atoms with van der Waals surface area (Å²) in [6.07, 6.45) is 1.80. The van der Waals surface area contributed by atoms with Gasteiger partial charge in [-0.3, -0.25) is 0 Å². The Kier molecular flexibility index (Phi) is 3.52.